The predicted octanol–water partition coefficient (Wildman–Crippen LogP) is 6.76. The minimum atomic E-state index is -4.67. The summed E-state index contributed by atoms with van der Waals surface area (Å²) in [6.45, 7) is 9.79. The number of anilines is 3. The number of hydrogen-bond donors (Lipinski definition) is 1. The zero-order valence-corrected chi connectivity index (χ0v) is 26.0. The first-order valence-electron chi connectivity index (χ1n) is 15.3. The number of hydrogen-bond acceptors (Lipinski definition) is 9. The van der Waals surface area contributed by atoms with Crippen molar-refractivity contribution in [2.24, 2.45) is 0 Å². The Morgan fingerprint density at radius 3 is 2.57 bits per heavy atom. The highest BCUT2D eigenvalue weighted by molar-refractivity contribution is 7.16. The standard InChI is InChI=1S/C31H39F4N7OS/c1-3-6-25(43)8-5-9-40-11-13-41(14-12-40)28-18-27(36-20-37-28)38-30-39-29(26(44-30)19-42-10-4-7-21(42)2)22-15-23(31(33,34)35)17-24(32)16-22/h15-18,20-21H,3-14,19H2,1-2H3,(H,36,37,38,39). The highest BCUT2D eigenvalue weighted by atomic mass is 32.1. The summed E-state index contributed by atoms with van der Waals surface area (Å²) in [5.41, 5.74) is -0.608. The van der Waals surface area contributed by atoms with Gasteiger partial charge in [-0.1, -0.05) is 18.3 Å². The van der Waals surface area contributed by atoms with Crippen LogP contribution in [-0.2, 0) is 17.5 Å². The molecule has 4 heterocycles. The Kier molecular flexibility index (Phi) is 10.5. The van der Waals surface area contributed by atoms with Gasteiger partial charge >= 0.3 is 6.18 Å². The van der Waals surface area contributed by atoms with Crippen molar-refractivity contribution in [3.63, 3.8) is 0 Å². The zero-order chi connectivity index (χ0) is 31.3. The fraction of sp³-hybridized carbons (Fsp3) is 0.548. The maximum absolute atomic E-state index is 14.4. The first-order valence-corrected chi connectivity index (χ1v) is 16.1. The number of ketones is 1. The van der Waals surface area contributed by atoms with Crippen LogP contribution in [-0.4, -0.2) is 75.8 Å². The lowest BCUT2D eigenvalue weighted by atomic mass is 10.1. The molecule has 0 saturated carbocycles. The van der Waals surface area contributed by atoms with Crippen LogP contribution in [0.2, 0.25) is 0 Å². The maximum atomic E-state index is 14.4. The molecule has 2 saturated heterocycles. The molecular weight excluding hydrogens is 594 g/mol. The summed E-state index contributed by atoms with van der Waals surface area (Å²) in [6.07, 6.45) is 1.97. The zero-order valence-electron chi connectivity index (χ0n) is 25.2. The van der Waals surface area contributed by atoms with Gasteiger partial charge in [0, 0.05) is 68.1 Å². The molecule has 1 unspecified atom stereocenters. The highest BCUT2D eigenvalue weighted by Crippen LogP contribution is 2.38. The Bertz CT molecular complexity index is 1420. The number of nitrogens with one attached hydrogen (secondary N) is 1. The monoisotopic (exact) mass is 633 g/mol. The lowest BCUT2D eigenvalue weighted by molar-refractivity contribution is -0.137. The summed E-state index contributed by atoms with van der Waals surface area (Å²) in [5, 5.41) is 3.68. The van der Waals surface area contributed by atoms with E-state index in [2.05, 4.69) is 41.9 Å². The fourth-order valence-electron chi connectivity index (χ4n) is 5.84. The smallest absolute Gasteiger partial charge is 0.354 e. The summed E-state index contributed by atoms with van der Waals surface area (Å²) >= 11 is 1.34. The van der Waals surface area contributed by atoms with Gasteiger partial charge in [0.25, 0.3) is 0 Å². The summed E-state index contributed by atoms with van der Waals surface area (Å²) in [6, 6.07) is 4.76. The molecule has 2 aromatic heterocycles. The number of aromatic nitrogens is 3. The fourth-order valence-corrected chi connectivity index (χ4v) is 6.86. The summed E-state index contributed by atoms with van der Waals surface area (Å²) in [4.78, 5) is 32.9. The van der Waals surface area contributed by atoms with E-state index >= 15 is 0 Å². The molecule has 2 aliphatic rings. The molecular formula is C31H39F4N7OS. The Labute approximate surface area is 259 Å². The molecule has 0 spiro atoms. The number of Topliss-reactive ketones (excluding diaryl/α,β-unsaturated/α-hetero) is 1. The van der Waals surface area contributed by atoms with Crippen LogP contribution in [0.25, 0.3) is 11.3 Å². The summed E-state index contributed by atoms with van der Waals surface area (Å²) in [5.74, 6) is 0.661. The lowest BCUT2D eigenvalue weighted by Gasteiger charge is -2.35. The molecule has 0 radical (unpaired) electrons. The van der Waals surface area contributed by atoms with Gasteiger partial charge in [0.05, 0.1) is 11.3 Å². The van der Waals surface area contributed by atoms with Crippen molar-refractivity contribution in [3.05, 3.63) is 46.9 Å². The third-order valence-electron chi connectivity index (χ3n) is 8.28. The van der Waals surface area contributed by atoms with Gasteiger partial charge in [0.1, 0.15) is 29.6 Å². The van der Waals surface area contributed by atoms with Crippen LogP contribution in [0.5, 0.6) is 0 Å². The normalized spacial score (nSPS) is 18.2. The maximum Gasteiger partial charge on any atom is 0.416 e. The van der Waals surface area contributed by atoms with Crippen molar-refractivity contribution in [1.82, 2.24) is 24.8 Å². The third-order valence-corrected chi connectivity index (χ3v) is 9.23. The van der Waals surface area contributed by atoms with Gasteiger partial charge in [-0.3, -0.25) is 14.6 Å². The number of likely N-dealkylation sites (tertiary alicyclic amines) is 1. The van der Waals surface area contributed by atoms with Gasteiger partial charge in [-0.2, -0.15) is 13.2 Å². The molecule has 3 aromatic rings. The van der Waals surface area contributed by atoms with E-state index in [0.717, 1.165) is 87.8 Å². The van der Waals surface area contributed by atoms with Crippen molar-refractivity contribution in [3.8, 4) is 11.3 Å². The number of thiazole rings is 1. The SMILES string of the molecule is CCCC(=O)CCCN1CCN(c2cc(Nc3nc(-c4cc(F)cc(C(F)(F)F)c4)c(CN4CCCC4C)s3)ncn2)CC1. The van der Waals surface area contributed by atoms with Crippen LogP contribution in [0.15, 0.2) is 30.6 Å². The average molecular weight is 634 g/mol. The van der Waals surface area contributed by atoms with Crippen LogP contribution < -0.4 is 10.2 Å². The molecule has 0 bridgehead atoms. The van der Waals surface area contributed by atoms with Gasteiger partial charge < -0.3 is 10.2 Å². The second-order valence-electron chi connectivity index (χ2n) is 11.6. The minimum Gasteiger partial charge on any atom is -0.354 e. The lowest BCUT2D eigenvalue weighted by Crippen LogP contribution is -2.47. The number of carbonyl (C=O) groups is 1. The Hall–Kier alpha value is -3.16. The van der Waals surface area contributed by atoms with E-state index in [4.69, 9.17) is 0 Å². The van der Waals surface area contributed by atoms with Crippen LogP contribution in [0.4, 0.5) is 34.3 Å². The van der Waals surface area contributed by atoms with Gasteiger partial charge in [-0.15, -0.1) is 0 Å². The van der Waals surface area contributed by atoms with Gasteiger partial charge in [0.2, 0.25) is 0 Å². The van der Waals surface area contributed by atoms with Crippen LogP contribution in [0.3, 0.4) is 0 Å². The van der Waals surface area contributed by atoms with E-state index in [0.29, 0.717) is 53.9 Å². The Balaban J connectivity index is 1.30. The molecule has 1 N–H and O–H groups in total. The largest absolute Gasteiger partial charge is 0.416 e. The van der Waals surface area contributed by atoms with E-state index < -0.39 is 17.6 Å². The number of halogens is 4. The molecule has 2 fully saturated rings. The number of nitrogens with zero attached hydrogens (tertiary/aromatic N) is 6. The van der Waals surface area contributed by atoms with Crippen LogP contribution in [0.1, 0.15) is 62.8 Å². The van der Waals surface area contributed by atoms with Crippen molar-refractivity contribution < 1.29 is 22.4 Å². The molecule has 238 valence electrons. The summed E-state index contributed by atoms with van der Waals surface area (Å²) < 4.78 is 54.9. The molecule has 1 atom stereocenters. The highest BCUT2D eigenvalue weighted by Gasteiger charge is 2.32. The number of rotatable bonds is 12. The number of carbonyl (C=O) groups excluding carboxylic acids is 1. The van der Waals surface area contributed by atoms with Gasteiger partial charge in [-0.25, -0.2) is 19.3 Å². The molecule has 0 aliphatic carbocycles. The van der Waals surface area contributed by atoms with Gasteiger partial charge in [-0.05, 0) is 63.9 Å². The predicted molar refractivity (Wildman–Crippen MR) is 165 cm³/mol. The molecule has 2 aliphatic heterocycles. The molecule has 1 aromatic carbocycles. The van der Waals surface area contributed by atoms with Crippen LogP contribution in [0, 0.1) is 5.82 Å². The molecule has 44 heavy (non-hydrogen) atoms. The quantitative estimate of drug-likeness (QED) is 0.220. The van der Waals surface area contributed by atoms with Gasteiger partial charge in [0.15, 0.2) is 5.13 Å². The van der Waals surface area contributed by atoms with Crippen molar-refractivity contribution >= 4 is 33.9 Å². The molecule has 13 heteroatoms. The second-order valence-corrected chi connectivity index (χ2v) is 12.7. The van der Waals surface area contributed by atoms with Crippen molar-refractivity contribution in [1.29, 1.82) is 0 Å². The topological polar surface area (TPSA) is 77.5 Å². The first kappa shape index (κ1) is 32.2. The van der Waals surface area contributed by atoms with E-state index in [-0.39, 0.29) is 5.56 Å². The Morgan fingerprint density at radius 2 is 1.86 bits per heavy atom. The molecule has 0 amide bonds. The minimum absolute atomic E-state index is 0.0967. The Morgan fingerprint density at radius 1 is 1.07 bits per heavy atom. The molecule has 5 rings (SSSR count). The van der Waals surface area contributed by atoms with E-state index in [9.17, 15) is 22.4 Å². The second kappa shape index (κ2) is 14.3. The first-order chi connectivity index (χ1) is 21.1. The van der Waals surface area contributed by atoms with Crippen molar-refractivity contribution in [2.45, 2.75) is 71.1 Å². The molecule has 8 nitrogen and oxygen atoms in total. The number of piperazine rings is 1. The third kappa shape index (κ3) is 8.30. The average Bonchev–Trinajstić information content (AvgIpc) is 3.58. The van der Waals surface area contributed by atoms with Crippen LogP contribution >= 0.6 is 11.3 Å². The number of benzene rings is 1. The summed E-state index contributed by atoms with van der Waals surface area (Å²) in [7, 11) is 0. The van der Waals surface area contributed by atoms with E-state index in [1.165, 1.54) is 17.7 Å². The number of alkyl halides is 3. The van der Waals surface area contributed by atoms with E-state index in [1.807, 2.05) is 13.0 Å². The van der Waals surface area contributed by atoms with Crippen molar-refractivity contribution in [2.75, 3.05) is 49.5 Å². The van der Waals surface area contributed by atoms with E-state index in [1.54, 1.807) is 0 Å².